The van der Waals surface area contributed by atoms with Crippen molar-refractivity contribution in [3.8, 4) is 5.75 Å². The summed E-state index contributed by atoms with van der Waals surface area (Å²) in [6.45, 7) is 1.74. The lowest BCUT2D eigenvalue weighted by Gasteiger charge is -2.10. The Morgan fingerprint density at radius 3 is 2.29 bits per heavy atom. The molecule has 0 radical (unpaired) electrons. The molecule has 0 aliphatic heterocycles. The van der Waals surface area contributed by atoms with Gasteiger partial charge in [-0.3, -0.25) is 25.2 Å². The SMILES string of the molecule is CC[C@H](CCC(=O)NNC(=O)c1ccc(O)cc1)C(=O)O. The number of aliphatic carboxylic acids is 1. The van der Waals surface area contributed by atoms with Crippen LogP contribution < -0.4 is 10.9 Å². The van der Waals surface area contributed by atoms with Gasteiger partial charge in [-0.25, -0.2) is 0 Å². The molecule has 0 unspecified atom stereocenters. The van der Waals surface area contributed by atoms with E-state index in [0.717, 1.165) is 0 Å². The monoisotopic (exact) mass is 294 g/mol. The molecular weight excluding hydrogens is 276 g/mol. The van der Waals surface area contributed by atoms with Gasteiger partial charge < -0.3 is 10.2 Å². The number of hydrazine groups is 1. The van der Waals surface area contributed by atoms with Gasteiger partial charge in [0.05, 0.1) is 5.92 Å². The number of hydrogen-bond donors (Lipinski definition) is 4. The summed E-state index contributed by atoms with van der Waals surface area (Å²) in [6.07, 6.45) is 0.676. The second kappa shape index (κ2) is 7.88. The molecule has 21 heavy (non-hydrogen) atoms. The van der Waals surface area contributed by atoms with E-state index in [0.29, 0.717) is 6.42 Å². The van der Waals surface area contributed by atoms with E-state index in [4.69, 9.17) is 10.2 Å². The molecule has 0 heterocycles. The number of carboxylic acids is 1. The van der Waals surface area contributed by atoms with Crippen LogP contribution in [-0.4, -0.2) is 28.0 Å². The summed E-state index contributed by atoms with van der Waals surface area (Å²) in [4.78, 5) is 34.0. The van der Waals surface area contributed by atoms with Gasteiger partial charge in [-0.15, -0.1) is 0 Å². The van der Waals surface area contributed by atoms with Crippen molar-refractivity contribution in [3.63, 3.8) is 0 Å². The Balaban J connectivity index is 2.37. The van der Waals surface area contributed by atoms with Crippen LogP contribution in [0.25, 0.3) is 0 Å². The third-order valence-corrected chi connectivity index (χ3v) is 3.01. The summed E-state index contributed by atoms with van der Waals surface area (Å²) in [5.41, 5.74) is 4.72. The largest absolute Gasteiger partial charge is 0.508 e. The standard InChI is InChI=1S/C14H18N2O5/c1-2-9(14(20)21)5-8-12(18)15-16-13(19)10-3-6-11(17)7-4-10/h3-4,6-7,9,17H,2,5,8H2,1H3,(H,15,18)(H,16,19)(H,20,21)/t9-/m1/s1. The number of carbonyl (C=O) groups excluding carboxylic acids is 2. The first kappa shape index (κ1) is 16.5. The first-order chi connectivity index (χ1) is 9.93. The number of benzene rings is 1. The zero-order valence-electron chi connectivity index (χ0n) is 11.6. The summed E-state index contributed by atoms with van der Waals surface area (Å²) in [5, 5.41) is 18.0. The molecule has 1 rings (SSSR count). The number of aromatic hydroxyl groups is 1. The first-order valence-corrected chi connectivity index (χ1v) is 6.55. The molecule has 0 fully saturated rings. The lowest BCUT2D eigenvalue weighted by molar-refractivity contribution is -0.142. The van der Waals surface area contributed by atoms with Crippen molar-refractivity contribution in [2.45, 2.75) is 26.2 Å². The minimum Gasteiger partial charge on any atom is -0.508 e. The number of rotatable bonds is 6. The van der Waals surface area contributed by atoms with Gasteiger partial charge in [-0.05, 0) is 37.1 Å². The third-order valence-electron chi connectivity index (χ3n) is 3.01. The Hall–Kier alpha value is -2.57. The summed E-state index contributed by atoms with van der Waals surface area (Å²) >= 11 is 0. The Labute approximate surface area is 121 Å². The number of carbonyl (C=O) groups is 3. The van der Waals surface area contributed by atoms with E-state index in [1.807, 2.05) is 0 Å². The fourth-order valence-electron chi connectivity index (χ4n) is 1.68. The predicted molar refractivity (Wildman–Crippen MR) is 74.4 cm³/mol. The zero-order chi connectivity index (χ0) is 15.8. The van der Waals surface area contributed by atoms with Crippen LogP contribution in [0.15, 0.2) is 24.3 Å². The highest BCUT2D eigenvalue weighted by Gasteiger charge is 2.16. The maximum absolute atomic E-state index is 11.7. The van der Waals surface area contributed by atoms with E-state index >= 15 is 0 Å². The lowest BCUT2D eigenvalue weighted by Crippen LogP contribution is -2.41. The van der Waals surface area contributed by atoms with Gasteiger partial charge in [0.15, 0.2) is 0 Å². The summed E-state index contributed by atoms with van der Waals surface area (Å²) in [5.74, 6) is -2.44. The van der Waals surface area contributed by atoms with Crippen molar-refractivity contribution in [3.05, 3.63) is 29.8 Å². The molecule has 1 aromatic carbocycles. The molecule has 7 nitrogen and oxygen atoms in total. The number of nitrogens with one attached hydrogen (secondary N) is 2. The second-order valence-corrected chi connectivity index (χ2v) is 4.53. The first-order valence-electron chi connectivity index (χ1n) is 6.55. The van der Waals surface area contributed by atoms with E-state index in [1.54, 1.807) is 6.92 Å². The molecule has 114 valence electrons. The van der Waals surface area contributed by atoms with Gasteiger partial charge in [0, 0.05) is 12.0 Å². The van der Waals surface area contributed by atoms with E-state index in [2.05, 4.69) is 10.9 Å². The van der Waals surface area contributed by atoms with Crippen molar-refractivity contribution < 1.29 is 24.6 Å². The molecule has 0 spiro atoms. The fraction of sp³-hybridized carbons (Fsp3) is 0.357. The van der Waals surface area contributed by atoms with Crippen molar-refractivity contribution in [2.24, 2.45) is 5.92 Å². The lowest BCUT2D eigenvalue weighted by atomic mass is 10.0. The Kier molecular flexibility index (Phi) is 6.19. The number of phenols is 1. The molecular formula is C14H18N2O5. The van der Waals surface area contributed by atoms with Crippen LogP contribution >= 0.6 is 0 Å². The highest BCUT2D eigenvalue weighted by molar-refractivity contribution is 5.95. The number of amides is 2. The van der Waals surface area contributed by atoms with Crippen molar-refractivity contribution in [1.82, 2.24) is 10.9 Å². The second-order valence-electron chi connectivity index (χ2n) is 4.53. The highest BCUT2D eigenvalue weighted by atomic mass is 16.4. The van der Waals surface area contributed by atoms with Crippen molar-refractivity contribution in [1.29, 1.82) is 0 Å². The molecule has 0 saturated heterocycles. The average molecular weight is 294 g/mol. The van der Waals surface area contributed by atoms with E-state index in [-0.39, 0.29) is 24.2 Å². The summed E-state index contributed by atoms with van der Waals surface area (Å²) in [6, 6.07) is 5.54. The minimum absolute atomic E-state index is 0.0145. The normalized spacial score (nSPS) is 11.5. The molecule has 0 saturated carbocycles. The van der Waals surface area contributed by atoms with Crippen LogP contribution in [0.5, 0.6) is 5.75 Å². The molecule has 2 amide bonds. The van der Waals surface area contributed by atoms with Gasteiger partial charge in [-0.1, -0.05) is 6.92 Å². The molecule has 1 atom stereocenters. The predicted octanol–water partition coefficient (Wildman–Crippen LogP) is 1.04. The quantitative estimate of drug-likeness (QED) is 0.585. The van der Waals surface area contributed by atoms with Crippen LogP contribution in [0.4, 0.5) is 0 Å². The fourth-order valence-corrected chi connectivity index (χ4v) is 1.68. The van der Waals surface area contributed by atoms with E-state index < -0.39 is 23.7 Å². The molecule has 1 aromatic rings. The van der Waals surface area contributed by atoms with Crippen LogP contribution in [0.3, 0.4) is 0 Å². The summed E-state index contributed by atoms with van der Waals surface area (Å²) in [7, 11) is 0. The minimum atomic E-state index is -0.932. The molecule has 0 aliphatic rings. The zero-order valence-corrected chi connectivity index (χ0v) is 11.6. The van der Waals surface area contributed by atoms with E-state index in [9.17, 15) is 14.4 Å². The molecule has 4 N–H and O–H groups in total. The van der Waals surface area contributed by atoms with Gasteiger partial charge in [-0.2, -0.15) is 0 Å². The van der Waals surface area contributed by atoms with Crippen LogP contribution in [0.2, 0.25) is 0 Å². The summed E-state index contributed by atoms with van der Waals surface area (Å²) < 4.78 is 0. The number of carboxylic acid groups (broad SMARTS) is 1. The third kappa shape index (κ3) is 5.52. The Morgan fingerprint density at radius 2 is 1.76 bits per heavy atom. The molecule has 0 bridgehead atoms. The molecule has 0 aliphatic carbocycles. The molecule has 0 aromatic heterocycles. The van der Waals surface area contributed by atoms with Crippen molar-refractivity contribution in [2.75, 3.05) is 0 Å². The van der Waals surface area contributed by atoms with Gasteiger partial charge in [0.1, 0.15) is 5.75 Å². The van der Waals surface area contributed by atoms with Gasteiger partial charge in [0.2, 0.25) is 5.91 Å². The van der Waals surface area contributed by atoms with E-state index in [1.165, 1.54) is 24.3 Å². The van der Waals surface area contributed by atoms with Crippen LogP contribution in [0.1, 0.15) is 36.5 Å². The van der Waals surface area contributed by atoms with Crippen LogP contribution in [-0.2, 0) is 9.59 Å². The smallest absolute Gasteiger partial charge is 0.306 e. The molecule has 7 heteroatoms. The number of phenolic OH excluding ortho intramolecular Hbond substituents is 1. The topological polar surface area (TPSA) is 116 Å². The number of hydrogen-bond acceptors (Lipinski definition) is 4. The van der Waals surface area contributed by atoms with Crippen LogP contribution in [0, 0.1) is 5.92 Å². The maximum atomic E-state index is 11.7. The average Bonchev–Trinajstić information content (AvgIpc) is 2.45. The van der Waals surface area contributed by atoms with Crippen molar-refractivity contribution >= 4 is 17.8 Å². The van der Waals surface area contributed by atoms with Gasteiger partial charge in [0.25, 0.3) is 5.91 Å². The highest BCUT2D eigenvalue weighted by Crippen LogP contribution is 2.11. The Morgan fingerprint density at radius 1 is 1.14 bits per heavy atom. The van der Waals surface area contributed by atoms with Gasteiger partial charge >= 0.3 is 5.97 Å². The Bertz CT molecular complexity index is 513. The maximum Gasteiger partial charge on any atom is 0.306 e.